The lowest BCUT2D eigenvalue weighted by molar-refractivity contribution is 0.262. The third kappa shape index (κ3) is 3.92. The summed E-state index contributed by atoms with van der Waals surface area (Å²) in [6.07, 6.45) is 3.06. The first-order valence-electron chi connectivity index (χ1n) is 7.82. The van der Waals surface area contributed by atoms with Gasteiger partial charge in [0.05, 0.1) is 0 Å². The lowest BCUT2D eigenvalue weighted by atomic mass is 10.1. The van der Waals surface area contributed by atoms with Crippen LogP contribution in [-0.4, -0.2) is 15.6 Å². The third-order valence-corrected chi connectivity index (χ3v) is 3.59. The third-order valence-electron chi connectivity index (χ3n) is 3.59. The van der Waals surface area contributed by atoms with E-state index in [9.17, 15) is 9.59 Å². The number of aryl methyl sites for hydroxylation is 2. The predicted octanol–water partition coefficient (Wildman–Crippen LogP) is 3.49. The van der Waals surface area contributed by atoms with E-state index >= 15 is 0 Å². The van der Waals surface area contributed by atoms with Crippen LogP contribution in [0.1, 0.15) is 11.1 Å². The Hall–Kier alpha value is -3.41. The number of hydrogen-bond acceptors (Lipinski definition) is 3. The molecule has 2 N–H and O–H groups in total. The van der Waals surface area contributed by atoms with Gasteiger partial charge in [0.15, 0.2) is 0 Å². The minimum Gasteiger partial charge on any atom is -0.308 e. The maximum Gasteiger partial charge on any atom is 0.325 e. The minimum atomic E-state index is -0.519. The summed E-state index contributed by atoms with van der Waals surface area (Å²) in [4.78, 5) is 28.7. The molecule has 3 rings (SSSR count). The molecule has 0 aliphatic carbocycles. The number of nitrogens with zero attached hydrogens (tertiary/aromatic N) is 2. The number of aromatic nitrogens is 2. The van der Waals surface area contributed by atoms with Crippen molar-refractivity contribution < 1.29 is 4.79 Å². The van der Waals surface area contributed by atoms with Crippen LogP contribution >= 0.6 is 0 Å². The number of carbonyl (C=O) groups excluding carboxylic acids is 1. The van der Waals surface area contributed by atoms with E-state index in [0.29, 0.717) is 5.69 Å². The summed E-state index contributed by atoms with van der Waals surface area (Å²) in [6, 6.07) is 14.3. The molecular formula is C19H18N4O2. The maximum absolute atomic E-state index is 12.6. The van der Waals surface area contributed by atoms with Crippen LogP contribution in [0.2, 0.25) is 0 Å². The number of nitrogens with one attached hydrogen (secondary N) is 2. The summed E-state index contributed by atoms with van der Waals surface area (Å²) in [5, 5.41) is 5.16. The van der Waals surface area contributed by atoms with Gasteiger partial charge < -0.3 is 5.32 Å². The van der Waals surface area contributed by atoms with E-state index in [0.717, 1.165) is 16.8 Å². The highest BCUT2D eigenvalue weighted by Gasteiger charge is 2.10. The van der Waals surface area contributed by atoms with E-state index < -0.39 is 11.6 Å². The molecule has 3 aromatic rings. The first kappa shape index (κ1) is 16.4. The zero-order chi connectivity index (χ0) is 17.8. The van der Waals surface area contributed by atoms with E-state index in [1.54, 1.807) is 18.3 Å². The molecular weight excluding hydrogens is 316 g/mol. The Morgan fingerprint density at radius 2 is 1.68 bits per heavy atom. The lowest BCUT2D eigenvalue weighted by Gasteiger charge is -2.10. The van der Waals surface area contributed by atoms with E-state index in [4.69, 9.17) is 0 Å². The summed E-state index contributed by atoms with van der Waals surface area (Å²) < 4.78 is 1.46. The molecule has 0 spiro atoms. The van der Waals surface area contributed by atoms with Gasteiger partial charge in [0, 0.05) is 23.8 Å². The molecule has 126 valence electrons. The largest absolute Gasteiger partial charge is 0.325 e. The van der Waals surface area contributed by atoms with E-state index in [1.807, 2.05) is 50.2 Å². The Labute approximate surface area is 145 Å². The summed E-state index contributed by atoms with van der Waals surface area (Å²) in [5.74, 6) is -0.0323. The first-order valence-corrected chi connectivity index (χ1v) is 7.82. The van der Waals surface area contributed by atoms with E-state index in [2.05, 4.69) is 15.6 Å². The van der Waals surface area contributed by atoms with Crippen LogP contribution in [0.15, 0.2) is 65.7 Å². The molecule has 25 heavy (non-hydrogen) atoms. The smallest absolute Gasteiger partial charge is 0.308 e. The van der Waals surface area contributed by atoms with Crippen molar-refractivity contribution in [3.8, 4) is 5.69 Å². The minimum absolute atomic E-state index is 0.0323. The zero-order valence-corrected chi connectivity index (χ0v) is 14.0. The molecule has 2 aromatic carbocycles. The van der Waals surface area contributed by atoms with Crippen molar-refractivity contribution >= 4 is 17.5 Å². The number of hydrogen-bond donors (Lipinski definition) is 2. The summed E-state index contributed by atoms with van der Waals surface area (Å²) in [6.45, 7) is 3.93. The quantitative estimate of drug-likeness (QED) is 0.770. The lowest BCUT2D eigenvalue weighted by Crippen LogP contribution is -2.28. The van der Waals surface area contributed by atoms with Gasteiger partial charge in [-0.05, 0) is 49.2 Å². The Balaban J connectivity index is 1.86. The van der Waals surface area contributed by atoms with Crippen LogP contribution in [0, 0.1) is 13.8 Å². The molecule has 0 radical (unpaired) electrons. The molecule has 2 amide bonds. The predicted molar refractivity (Wildman–Crippen MR) is 98.4 cm³/mol. The van der Waals surface area contributed by atoms with Crippen molar-refractivity contribution in [1.29, 1.82) is 0 Å². The highest BCUT2D eigenvalue weighted by atomic mass is 16.2. The van der Waals surface area contributed by atoms with Gasteiger partial charge in [-0.15, -0.1) is 0 Å². The number of benzene rings is 2. The second-order valence-corrected chi connectivity index (χ2v) is 5.74. The SMILES string of the molecule is Cc1cc(C)cc(-n2ccnc(NC(=O)Nc3ccccc3)c2=O)c1. The molecule has 0 saturated heterocycles. The normalized spacial score (nSPS) is 10.3. The molecule has 0 aliphatic rings. The summed E-state index contributed by atoms with van der Waals surface area (Å²) in [7, 11) is 0. The highest BCUT2D eigenvalue weighted by molar-refractivity contribution is 5.99. The van der Waals surface area contributed by atoms with Gasteiger partial charge in [-0.3, -0.25) is 14.7 Å². The van der Waals surface area contributed by atoms with Crippen LogP contribution in [-0.2, 0) is 0 Å². The van der Waals surface area contributed by atoms with Crippen LogP contribution in [0.5, 0.6) is 0 Å². The number of urea groups is 1. The Morgan fingerprint density at radius 3 is 2.36 bits per heavy atom. The molecule has 6 nitrogen and oxygen atoms in total. The van der Waals surface area contributed by atoms with Gasteiger partial charge in [-0.2, -0.15) is 0 Å². The number of anilines is 2. The maximum atomic E-state index is 12.6. The van der Waals surface area contributed by atoms with Crippen molar-refractivity contribution in [3.05, 3.63) is 82.4 Å². The van der Waals surface area contributed by atoms with Gasteiger partial charge in [0.1, 0.15) is 0 Å². The monoisotopic (exact) mass is 334 g/mol. The molecule has 0 bridgehead atoms. The van der Waals surface area contributed by atoms with Gasteiger partial charge in [-0.25, -0.2) is 9.78 Å². The van der Waals surface area contributed by atoms with Crippen molar-refractivity contribution in [3.63, 3.8) is 0 Å². The fraction of sp³-hybridized carbons (Fsp3) is 0.105. The van der Waals surface area contributed by atoms with Crippen LogP contribution in [0.25, 0.3) is 5.69 Å². The van der Waals surface area contributed by atoms with Gasteiger partial charge in [0.2, 0.25) is 5.82 Å². The molecule has 0 fully saturated rings. The molecule has 1 aromatic heterocycles. The van der Waals surface area contributed by atoms with Gasteiger partial charge in [-0.1, -0.05) is 24.3 Å². The number of rotatable bonds is 3. The molecule has 0 aliphatic heterocycles. The van der Waals surface area contributed by atoms with Crippen LogP contribution in [0.3, 0.4) is 0 Å². The zero-order valence-electron chi connectivity index (χ0n) is 14.0. The fourth-order valence-corrected chi connectivity index (χ4v) is 2.58. The number of amides is 2. The Kier molecular flexibility index (Phi) is 4.61. The number of carbonyl (C=O) groups is 1. The van der Waals surface area contributed by atoms with Crippen molar-refractivity contribution in [2.45, 2.75) is 13.8 Å². The van der Waals surface area contributed by atoms with E-state index in [-0.39, 0.29) is 5.82 Å². The molecule has 0 unspecified atom stereocenters. The van der Waals surface area contributed by atoms with Crippen LogP contribution in [0.4, 0.5) is 16.3 Å². The van der Waals surface area contributed by atoms with Crippen LogP contribution < -0.4 is 16.2 Å². The average molecular weight is 334 g/mol. The van der Waals surface area contributed by atoms with Crippen molar-refractivity contribution in [2.75, 3.05) is 10.6 Å². The topological polar surface area (TPSA) is 76.0 Å². The molecule has 6 heteroatoms. The van der Waals surface area contributed by atoms with E-state index in [1.165, 1.54) is 10.8 Å². The van der Waals surface area contributed by atoms with Crippen molar-refractivity contribution in [2.24, 2.45) is 0 Å². The molecule has 1 heterocycles. The average Bonchev–Trinajstić information content (AvgIpc) is 2.56. The Bertz CT molecular complexity index is 944. The Morgan fingerprint density at radius 1 is 1.00 bits per heavy atom. The fourth-order valence-electron chi connectivity index (χ4n) is 2.58. The highest BCUT2D eigenvalue weighted by Crippen LogP contribution is 2.12. The van der Waals surface area contributed by atoms with Crippen molar-refractivity contribution in [1.82, 2.24) is 9.55 Å². The number of para-hydroxylation sites is 1. The second kappa shape index (κ2) is 7.00. The van der Waals surface area contributed by atoms with Gasteiger partial charge >= 0.3 is 6.03 Å². The summed E-state index contributed by atoms with van der Waals surface area (Å²) in [5.41, 5.74) is 3.07. The van der Waals surface area contributed by atoms with Gasteiger partial charge in [0.25, 0.3) is 5.56 Å². The second-order valence-electron chi connectivity index (χ2n) is 5.74. The summed E-state index contributed by atoms with van der Waals surface area (Å²) >= 11 is 0. The molecule has 0 atom stereocenters. The molecule has 0 saturated carbocycles. The standard InChI is InChI=1S/C19H18N4O2/c1-13-10-14(2)12-16(11-13)23-9-8-20-17(18(23)24)22-19(25)21-15-6-4-3-5-7-15/h3-12H,1-2H3,(H2,20,21,22,25). The first-order chi connectivity index (χ1) is 12.0.